The van der Waals surface area contributed by atoms with Gasteiger partial charge >= 0.3 is 0 Å². The molecule has 2 rings (SSSR count). The Morgan fingerprint density at radius 2 is 1.60 bits per heavy atom. The molecule has 0 saturated carbocycles. The lowest BCUT2D eigenvalue weighted by molar-refractivity contribution is 0.630. The van der Waals surface area contributed by atoms with Crippen LogP contribution in [0.5, 0.6) is 0 Å². The van der Waals surface area contributed by atoms with E-state index >= 15 is 0 Å². The zero-order valence-corrected chi connectivity index (χ0v) is 13.2. The van der Waals surface area contributed by atoms with Crippen LogP contribution in [0.2, 0.25) is 5.02 Å². The second-order valence-corrected chi connectivity index (χ2v) is 5.75. The minimum absolute atomic E-state index is 0.0481. The zero-order valence-electron chi connectivity index (χ0n) is 12.4. The van der Waals surface area contributed by atoms with Crippen molar-refractivity contribution in [3.63, 3.8) is 0 Å². The molecule has 2 nitrogen and oxygen atoms in total. The molecular formula is C17H21ClN2. The lowest BCUT2D eigenvalue weighted by atomic mass is 9.90. The fourth-order valence-corrected chi connectivity index (χ4v) is 2.76. The molecule has 0 aliphatic heterocycles. The Morgan fingerprint density at radius 1 is 0.950 bits per heavy atom. The van der Waals surface area contributed by atoms with Crippen LogP contribution in [-0.4, -0.2) is 0 Å². The molecule has 1 unspecified atom stereocenters. The highest BCUT2D eigenvalue weighted by atomic mass is 35.5. The van der Waals surface area contributed by atoms with Crippen molar-refractivity contribution in [3.05, 3.63) is 68.7 Å². The summed E-state index contributed by atoms with van der Waals surface area (Å²) in [5.74, 6) is 5.82. The minimum atomic E-state index is -0.0481. The standard InChI is InChI=1S/C17H21ClN2/c1-10-8-12(3)15(9-11(10)2)17(20-19)14-6-5-7-16(18)13(14)4/h5-9,17,20H,19H2,1-4H3. The molecule has 0 spiro atoms. The monoisotopic (exact) mass is 288 g/mol. The van der Waals surface area contributed by atoms with Crippen molar-refractivity contribution >= 4 is 11.6 Å². The Kier molecular flexibility index (Phi) is 4.48. The quantitative estimate of drug-likeness (QED) is 0.658. The molecule has 0 fully saturated rings. The third-order valence-corrected chi connectivity index (χ3v) is 4.39. The third kappa shape index (κ3) is 2.73. The molecule has 0 aromatic heterocycles. The van der Waals surface area contributed by atoms with Crippen molar-refractivity contribution < 1.29 is 0 Å². The van der Waals surface area contributed by atoms with Gasteiger partial charge in [0, 0.05) is 5.02 Å². The van der Waals surface area contributed by atoms with Crippen LogP contribution in [0.1, 0.15) is 39.4 Å². The van der Waals surface area contributed by atoms with E-state index in [-0.39, 0.29) is 6.04 Å². The number of halogens is 1. The Labute approximate surface area is 125 Å². The van der Waals surface area contributed by atoms with Crippen molar-refractivity contribution in [2.24, 2.45) is 5.84 Å². The normalized spacial score (nSPS) is 12.5. The second-order valence-electron chi connectivity index (χ2n) is 5.35. The van der Waals surface area contributed by atoms with E-state index in [1.807, 2.05) is 19.1 Å². The van der Waals surface area contributed by atoms with E-state index in [1.54, 1.807) is 0 Å². The smallest absolute Gasteiger partial charge is 0.0715 e. The van der Waals surface area contributed by atoms with Gasteiger partial charge in [-0.05, 0) is 67.1 Å². The molecular weight excluding hydrogens is 268 g/mol. The second kappa shape index (κ2) is 5.96. The van der Waals surface area contributed by atoms with E-state index in [0.29, 0.717) is 0 Å². The number of rotatable bonds is 3. The molecule has 0 aliphatic rings. The van der Waals surface area contributed by atoms with Gasteiger partial charge in [-0.2, -0.15) is 0 Å². The van der Waals surface area contributed by atoms with E-state index in [0.717, 1.165) is 16.1 Å². The fraction of sp³-hybridized carbons (Fsp3) is 0.294. The first-order valence-corrected chi connectivity index (χ1v) is 7.12. The van der Waals surface area contributed by atoms with E-state index in [1.165, 1.54) is 22.3 Å². The van der Waals surface area contributed by atoms with Gasteiger partial charge in [0.15, 0.2) is 0 Å². The van der Waals surface area contributed by atoms with E-state index in [4.69, 9.17) is 17.4 Å². The highest BCUT2D eigenvalue weighted by Gasteiger charge is 2.18. The first kappa shape index (κ1) is 15.0. The molecule has 0 heterocycles. The maximum absolute atomic E-state index is 6.23. The van der Waals surface area contributed by atoms with Crippen molar-refractivity contribution in [3.8, 4) is 0 Å². The molecule has 1 atom stereocenters. The van der Waals surface area contributed by atoms with Crippen molar-refractivity contribution in [2.45, 2.75) is 33.7 Å². The number of benzene rings is 2. The van der Waals surface area contributed by atoms with Gasteiger partial charge in [-0.25, -0.2) is 5.43 Å². The summed E-state index contributed by atoms with van der Waals surface area (Å²) in [5.41, 5.74) is 10.1. The van der Waals surface area contributed by atoms with Crippen LogP contribution in [0.3, 0.4) is 0 Å². The third-order valence-electron chi connectivity index (χ3n) is 3.98. The highest BCUT2D eigenvalue weighted by Crippen LogP contribution is 2.31. The maximum Gasteiger partial charge on any atom is 0.0715 e. The molecule has 0 radical (unpaired) electrons. The van der Waals surface area contributed by atoms with Gasteiger partial charge in [0.2, 0.25) is 0 Å². The molecule has 3 heteroatoms. The van der Waals surface area contributed by atoms with E-state index in [9.17, 15) is 0 Å². The van der Waals surface area contributed by atoms with E-state index < -0.39 is 0 Å². The first-order valence-electron chi connectivity index (χ1n) is 6.74. The summed E-state index contributed by atoms with van der Waals surface area (Å²) in [6.07, 6.45) is 0. The van der Waals surface area contributed by atoms with Gasteiger partial charge in [0.25, 0.3) is 0 Å². The van der Waals surface area contributed by atoms with Crippen molar-refractivity contribution in [1.82, 2.24) is 5.43 Å². The summed E-state index contributed by atoms with van der Waals surface area (Å²) in [5, 5.41) is 0.768. The molecule has 0 aliphatic carbocycles. The number of hydrazine groups is 1. The fourth-order valence-electron chi connectivity index (χ4n) is 2.58. The predicted octanol–water partition coefficient (Wildman–Crippen LogP) is 4.13. The number of hydrogen-bond acceptors (Lipinski definition) is 2. The van der Waals surface area contributed by atoms with Gasteiger partial charge in [0.1, 0.15) is 0 Å². The predicted molar refractivity (Wildman–Crippen MR) is 86.0 cm³/mol. The molecule has 106 valence electrons. The summed E-state index contributed by atoms with van der Waals surface area (Å²) in [6, 6.07) is 10.3. The first-order chi connectivity index (χ1) is 9.45. The lowest BCUT2D eigenvalue weighted by Crippen LogP contribution is -2.30. The van der Waals surface area contributed by atoms with Crippen molar-refractivity contribution in [1.29, 1.82) is 0 Å². The van der Waals surface area contributed by atoms with Gasteiger partial charge < -0.3 is 0 Å². The maximum atomic E-state index is 6.23. The topological polar surface area (TPSA) is 38.0 Å². The summed E-state index contributed by atoms with van der Waals surface area (Å²) < 4.78 is 0. The van der Waals surface area contributed by atoms with Gasteiger partial charge in [0.05, 0.1) is 6.04 Å². The molecule has 0 amide bonds. The van der Waals surface area contributed by atoms with Gasteiger partial charge in [-0.15, -0.1) is 0 Å². The minimum Gasteiger partial charge on any atom is -0.271 e. The molecule has 0 saturated heterocycles. The van der Waals surface area contributed by atoms with Crippen LogP contribution in [0.15, 0.2) is 30.3 Å². The molecule has 2 aromatic rings. The van der Waals surface area contributed by atoms with Crippen LogP contribution < -0.4 is 11.3 Å². The van der Waals surface area contributed by atoms with Crippen LogP contribution >= 0.6 is 11.6 Å². The average Bonchev–Trinajstić information content (AvgIpc) is 2.41. The molecule has 3 N–H and O–H groups in total. The van der Waals surface area contributed by atoms with Crippen LogP contribution in [0, 0.1) is 27.7 Å². The van der Waals surface area contributed by atoms with Crippen LogP contribution in [-0.2, 0) is 0 Å². The van der Waals surface area contributed by atoms with Crippen LogP contribution in [0.25, 0.3) is 0 Å². The number of nitrogens with one attached hydrogen (secondary N) is 1. The highest BCUT2D eigenvalue weighted by molar-refractivity contribution is 6.31. The average molecular weight is 289 g/mol. The van der Waals surface area contributed by atoms with Gasteiger partial charge in [-0.3, -0.25) is 5.84 Å². The number of aryl methyl sites for hydroxylation is 3. The summed E-state index contributed by atoms with van der Waals surface area (Å²) in [7, 11) is 0. The molecule has 2 aromatic carbocycles. The Morgan fingerprint density at radius 3 is 2.25 bits per heavy atom. The Bertz CT molecular complexity index is 635. The van der Waals surface area contributed by atoms with Crippen LogP contribution in [0.4, 0.5) is 0 Å². The van der Waals surface area contributed by atoms with E-state index in [2.05, 4.69) is 44.4 Å². The molecule has 20 heavy (non-hydrogen) atoms. The van der Waals surface area contributed by atoms with Crippen molar-refractivity contribution in [2.75, 3.05) is 0 Å². The largest absolute Gasteiger partial charge is 0.271 e. The number of nitrogens with two attached hydrogens (primary N) is 1. The van der Waals surface area contributed by atoms with Gasteiger partial charge in [-0.1, -0.05) is 35.9 Å². The SMILES string of the molecule is Cc1cc(C)c(C(NN)c2cccc(Cl)c2C)cc1C. The Balaban J connectivity index is 2.58. The lowest BCUT2D eigenvalue weighted by Gasteiger charge is -2.22. The summed E-state index contributed by atoms with van der Waals surface area (Å²) >= 11 is 6.23. The zero-order chi connectivity index (χ0) is 14.9. The molecule has 0 bridgehead atoms. The summed E-state index contributed by atoms with van der Waals surface area (Å²) in [6.45, 7) is 8.39. The number of hydrogen-bond donors (Lipinski definition) is 2. The summed E-state index contributed by atoms with van der Waals surface area (Å²) in [4.78, 5) is 0. The Hall–Kier alpha value is -1.35.